The Morgan fingerprint density at radius 1 is 1.57 bits per heavy atom. The third-order valence-electron chi connectivity index (χ3n) is 3.28. The van der Waals surface area contributed by atoms with Gasteiger partial charge in [0, 0.05) is 18.4 Å². The zero-order valence-corrected chi connectivity index (χ0v) is 8.73. The molecule has 2 N–H and O–H groups in total. The molecule has 1 saturated heterocycles. The Morgan fingerprint density at radius 3 is 3.14 bits per heavy atom. The Labute approximate surface area is 85.8 Å². The maximum absolute atomic E-state index is 5.95. The summed E-state index contributed by atoms with van der Waals surface area (Å²) in [6, 6.07) is 0. The monoisotopic (exact) mass is 193 g/mol. The highest BCUT2D eigenvalue weighted by molar-refractivity contribution is 5.11. The number of hydrogen-bond donors (Lipinski definition) is 1. The minimum atomic E-state index is 0.226. The first-order valence-corrected chi connectivity index (χ1v) is 5.52. The van der Waals surface area contributed by atoms with E-state index in [1.54, 1.807) is 0 Å². The van der Waals surface area contributed by atoms with E-state index in [0.717, 1.165) is 12.8 Å². The van der Waals surface area contributed by atoms with E-state index in [9.17, 15) is 0 Å². The van der Waals surface area contributed by atoms with Gasteiger partial charge in [0.25, 0.3) is 0 Å². The molecule has 0 aromatic rings. The molecule has 1 aliphatic heterocycles. The Hall–Kier alpha value is -0.600. The van der Waals surface area contributed by atoms with E-state index < -0.39 is 0 Å². The third kappa shape index (κ3) is 1.64. The van der Waals surface area contributed by atoms with Crippen LogP contribution in [0.15, 0.2) is 24.3 Å². The van der Waals surface area contributed by atoms with E-state index >= 15 is 0 Å². The lowest BCUT2D eigenvalue weighted by Gasteiger charge is -2.20. The first-order chi connectivity index (χ1) is 6.86. The lowest BCUT2D eigenvalue weighted by atomic mass is 9.82. The van der Waals surface area contributed by atoms with Crippen LogP contribution in [0.1, 0.15) is 19.8 Å². The molecule has 14 heavy (non-hydrogen) atoms. The van der Waals surface area contributed by atoms with E-state index in [-0.39, 0.29) is 6.10 Å². The molecule has 2 aliphatic rings. The largest absolute Gasteiger partial charge is 0.372 e. The van der Waals surface area contributed by atoms with Crippen molar-refractivity contribution in [3.63, 3.8) is 0 Å². The van der Waals surface area contributed by atoms with Crippen molar-refractivity contribution >= 4 is 0 Å². The van der Waals surface area contributed by atoms with Crippen LogP contribution in [0, 0.1) is 11.8 Å². The number of allylic oxidation sites excluding steroid dienone is 2. The first-order valence-electron chi connectivity index (χ1n) is 5.52. The van der Waals surface area contributed by atoms with Crippen LogP contribution >= 0.6 is 0 Å². The van der Waals surface area contributed by atoms with Gasteiger partial charge in [-0.2, -0.15) is 0 Å². The fourth-order valence-electron chi connectivity index (χ4n) is 2.62. The zero-order chi connectivity index (χ0) is 9.97. The molecule has 2 rings (SSSR count). The van der Waals surface area contributed by atoms with E-state index in [0.29, 0.717) is 24.5 Å². The molecule has 2 heteroatoms. The molecule has 0 saturated carbocycles. The van der Waals surface area contributed by atoms with Crippen molar-refractivity contribution in [3.05, 3.63) is 24.3 Å². The van der Waals surface area contributed by atoms with Crippen molar-refractivity contribution in [2.45, 2.75) is 32.0 Å². The molecule has 0 aromatic carbocycles. The normalized spacial score (nSPS) is 41.9. The quantitative estimate of drug-likeness (QED) is 0.679. The smallest absolute Gasteiger partial charge is 0.0770 e. The lowest BCUT2D eigenvalue weighted by Crippen LogP contribution is -2.26. The third-order valence-corrected chi connectivity index (χ3v) is 3.28. The number of rotatable bonds is 2. The van der Waals surface area contributed by atoms with Gasteiger partial charge >= 0.3 is 0 Å². The molecule has 0 aromatic heterocycles. The minimum absolute atomic E-state index is 0.226. The van der Waals surface area contributed by atoms with Crippen LogP contribution in [0.25, 0.3) is 0 Å². The van der Waals surface area contributed by atoms with Gasteiger partial charge in [0.1, 0.15) is 0 Å². The molecule has 1 heterocycles. The number of ether oxygens (including phenoxy) is 1. The van der Waals surface area contributed by atoms with Crippen LogP contribution in [-0.4, -0.2) is 18.8 Å². The molecule has 4 atom stereocenters. The summed E-state index contributed by atoms with van der Waals surface area (Å²) in [5, 5.41) is 0. The Kier molecular flexibility index (Phi) is 3.04. The van der Waals surface area contributed by atoms with Crippen LogP contribution in [0.4, 0.5) is 0 Å². The van der Waals surface area contributed by atoms with Gasteiger partial charge in [-0.15, -0.1) is 0 Å². The molecule has 2 nitrogen and oxygen atoms in total. The fraction of sp³-hybridized carbons (Fsp3) is 0.667. The number of nitrogens with two attached hydrogens (primary N) is 1. The molecule has 0 spiro atoms. The summed E-state index contributed by atoms with van der Waals surface area (Å²) in [6.45, 7) is 2.70. The van der Waals surface area contributed by atoms with Gasteiger partial charge in [0.15, 0.2) is 0 Å². The van der Waals surface area contributed by atoms with Gasteiger partial charge in [-0.1, -0.05) is 24.3 Å². The molecule has 1 fully saturated rings. The predicted molar refractivity (Wildman–Crippen MR) is 57.9 cm³/mol. The van der Waals surface area contributed by atoms with Crippen molar-refractivity contribution in [1.29, 1.82) is 0 Å². The van der Waals surface area contributed by atoms with Gasteiger partial charge < -0.3 is 10.5 Å². The van der Waals surface area contributed by atoms with E-state index in [4.69, 9.17) is 10.5 Å². The topological polar surface area (TPSA) is 35.2 Å². The Bertz CT molecular complexity index is 247. The Balaban J connectivity index is 2.16. The van der Waals surface area contributed by atoms with Gasteiger partial charge in [0.2, 0.25) is 0 Å². The predicted octanol–water partition coefficient (Wildman–Crippen LogP) is 1.87. The highest BCUT2D eigenvalue weighted by Gasteiger charge is 2.41. The molecule has 0 bridgehead atoms. The van der Waals surface area contributed by atoms with Gasteiger partial charge in [0.05, 0.1) is 12.2 Å². The average molecular weight is 193 g/mol. The number of hydrogen-bond acceptors (Lipinski definition) is 2. The highest BCUT2D eigenvalue weighted by Crippen LogP contribution is 2.38. The summed E-state index contributed by atoms with van der Waals surface area (Å²) < 4.78 is 5.95. The summed E-state index contributed by atoms with van der Waals surface area (Å²) >= 11 is 0. The minimum Gasteiger partial charge on any atom is -0.372 e. The second kappa shape index (κ2) is 4.28. The summed E-state index contributed by atoms with van der Waals surface area (Å²) in [6.07, 6.45) is 11.9. The molecular formula is C12H19NO. The second-order valence-corrected chi connectivity index (χ2v) is 4.13. The van der Waals surface area contributed by atoms with Crippen molar-refractivity contribution in [1.82, 2.24) is 0 Å². The maximum atomic E-state index is 5.95. The SMILES string of the molecule is C/C=C\C1C(CN)OC2CCC=CC21. The summed E-state index contributed by atoms with van der Waals surface area (Å²) in [5.41, 5.74) is 5.73. The summed E-state index contributed by atoms with van der Waals surface area (Å²) in [7, 11) is 0. The van der Waals surface area contributed by atoms with Crippen molar-refractivity contribution in [2.24, 2.45) is 17.6 Å². The van der Waals surface area contributed by atoms with Gasteiger partial charge in [-0.05, 0) is 19.8 Å². The molecule has 4 unspecified atom stereocenters. The van der Waals surface area contributed by atoms with Crippen molar-refractivity contribution in [2.75, 3.05) is 6.54 Å². The summed E-state index contributed by atoms with van der Waals surface area (Å²) in [4.78, 5) is 0. The maximum Gasteiger partial charge on any atom is 0.0770 e. The molecule has 0 radical (unpaired) electrons. The second-order valence-electron chi connectivity index (χ2n) is 4.13. The lowest BCUT2D eigenvalue weighted by molar-refractivity contribution is 0.0337. The number of fused-ring (bicyclic) bond motifs is 1. The highest BCUT2D eigenvalue weighted by atomic mass is 16.5. The van der Waals surface area contributed by atoms with Gasteiger partial charge in [-0.25, -0.2) is 0 Å². The van der Waals surface area contributed by atoms with E-state index in [1.807, 2.05) is 0 Å². The molecular weight excluding hydrogens is 174 g/mol. The van der Waals surface area contributed by atoms with E-state index in [2.05, 4.69) is 31.2 Å². The summed E-state index contributed by atoms with van der Waals surface area (Å²) in [5.74, 6) is 1.06. The standard InChI is InChI=1S/C12H19NO/c1-2-5-9-10-6-3-4-7-11(10)14-12(9)8-13/h2-3,5-6,9-12H,4,7-8,13H2,1H3/b5-2-. The van der Waals surface area contributed by atoms with Crippen LogP contribution in [0.2, 0.25) is 0 Å². The van der Waals surface area contributed by atoms with Gasteiger partial charge in [-0.3, -0.25) is 0 Å². The van der Waals surface area contributed by atoms with Crippen molar-refractivity contribution in [3.8, 4) is 0 Å². The van der Waals surface area contributed by atoms with Crippen molar-refractivity contribution < 1.29 is 4.74 Å². The first kappa shape index (κ1) is 9.94. The Morgan fingerprint density at radius 2 is 2.43 bits per heavy atom. The van der Waals surface area contributed by atoms with E-state index in [1.165, 1.54) is 0 Å². The van der Waals surface area contributed by atoms with Crippen LogP contribution < -0.4 is 5.73 Å². The van der Waals surface area contributed by atoms with Crippen LogP contribution in [0.5, 0.6) is 0 Å². The fourth-order valence-corrected chi connectivity index (χ4v) is 2.62. The van der Waals surface area contributed by atoms with Crippen LogP contribution in [0.3, 0.4) is 0 Å². The average Bonchev–Trinajstić information content (AvgIpc) is 2.58. The molecule has 1 aliphatic carbocycles. The molecule has 0 amide bonds. The van der Waals surface area contributed by atoms with Crippen LogP contribution in [-0.2, 0) is 4.74 Å². The molecule has 78 valence electrons. The zero-order valence-electron chi connectivity index (χ0n) is 8.73.